The number of hydrogen-bond acceptors (Lipinski definition) is 3. The van der Waals surface area contributed by atoms with Crippen molar-refractivity contribution in [2.45, 2.75) is 19.4 Å². The highest BCUT2D eigenvalue weighted by atomic mass is 17.1. The first-order chi connectivity index (χ1) is 6.21. The fourth-order valence-electron chi connectivity index (χ4n) is 1.38. The lowest BCUT2D eigenvalue weighted by Crippen LogP contribution is -2.49. The van der Waals surface area contributed by atoms with E-state index in [4.69, 9.17) is 9.68 Å². The van der Waals surface area contributed by atoms with Gasteiger partial charge in [-0.3, -0.25) is 0 Å². The van der Waals surface area contributed by atoms with Crippen molar-refractivity contribution in [1.29, 1.82) is 0 Å². The van der Waals surface area contributed by atoms with Crippen LogP contribution in [0.2, 0.25) is 0 Å². The van der Waals surface area contributed by atoms with Crippen molar-refractivity contribution in [2.24, 2.45) is 0 Å². The van der Waals surface area contributed by atoms with E-state index in [9.17, 15) is 0 Å². The molecule has 0 bridgehead atoms. The summed E-state index contributed by atoms with van der Waals surface area (Å²) in [6, 6.07) is 10.1. The summed E-state index contributed by atoms with van der Waals surface area (Å²) in [5.74, 6) is 0. The Bertz CT molecular complexity index is 280. The zero-order valence-corrected chi connectivity index (χ0v) is 7.86. The van der Waals surface area contributed by atoms with Gasteiger partial charge in [0, 0.05) is 0 Å². The average molecular weight is 179 g/mol. The van der Waals surface area contributed by atoms with Gasteiger partial charge in [-0.15, -0.1) is 0 Å². The van der Waals surface area contributed by atoms with E-state index >= 15 is 0 Å². The van der Waals surface area contributed by atoms with E-state index in [1.54, 1.807) is 0 Å². The fourth-order valence-corrected chi connectivity index (χ4v) is 1.38. The second kappa shape index (κ2) is 3.10. The lowest BCUT2D eigenvalue weighted by Gasteiger charge is -2.41. The van der Waals surface area contributed by atoms with Gasteiger partial charge in [-0.05, 0) is 19.4 Å². The van der Waals surface area contributed by atoms with Crippen molar-refractivity contribution in [3.8, 4) is 0 Å². The minimum atomic E-state index is -0.223. The van der Waals surface area contributed by atoms with Gasteiger partial charge in [0.15, 0.2) is 6.79 Å². The summed E-state index contributed by atoms with van der Waals surface area (Å²) < 4.78 is 0. The number of rotatable bonds is 2. The zero-order valence-electron chi connectivity index (χ0n) is 7.86. The molecular formula is C10H13NO2. The van der Waals surface area contributed by atoms with E-state index in [1.165, 1.54) is 10.8 Å². The Balaban J connectivity index is 2.23. The van der Waals surface area contributed by atoms with Crippen molar-refractivity contribution >= 4 is 0 Å². The molecule has 0 aliphatic carbocycles. The third kappa shape index (κ3) is 1.46. The van der Waals surface area contributed by atoms with E-state index in [0.717, 1.165) is 0 Å². The van der Waals surface area contributed by atoms with Crippen LogP contribution < -0.4 is 0 Å². The molecular weight excluding hydrogens is 166 g/mol. The van der Waals surface area contributed by atoms with Crippen LogP contribution in [0.1, 0.15) is 19.4 Å². The first kappa shape index (κ1) is 8.69. The van der Waals surface area contributed by atoms with Crippen LogP contribution in [0.15, 0.2) is 30.3 Å². The van der Waals surface area contributed by atoms with Crippen molar-refractivity contribution in [3.05, 3.63) is 35.9 Å². The third-order valence-corrected chi connectivity index (χ3v) is 2.28. The van der Waals surface area contributed by atoms with Gasteiger partial charge in [-0.1, -0.05) is 35.6 Å². The van der Waals surface area contributed by atoms with Crippen molar-refractivity contribution < 1.29 is 9.68 Å². The number of hydroxylamine groups is 2. The lowest BCUT2D eigenvalue weighted by molar-refractivity contribution is -0.551. The van der Waals surface area contributed by atoms with E-state index in [-0.39, 0.29) is 5.54 Å². The highest BCUT2D eigenvalue weighted by molar-refractivity contribution is 5.21. The van der Waals surface area contributed by atoms with Crippen molar-refractivity contribution in [3.63, 3.8) is 0 Å². The molecule has 1 aliphatic rings. The zero-order chi connectivity index (χ0) is 9.31. The molecule has 1 aromatic rings. The second-order valence-corrected chi connectivity index (χ2v) is 3.56. The maximum atomic E-state index is 5.16. The quantitative estimate of drug-likeness (QED) is 0.693. The molecule has 1 heterocycles. The number of benzene rings is 1. The van der Waals surface area contributed by atoms with Gasteiger partial charge in [0.25, 0.3) is 0 Å². The lowest BCUT2D eigenvalue weighted by atomic mass is 9.95. The molecule has 0 radical (unpaired) electrons. The molecule has 3 heteroatoms. The van der Waals surface area contributed by atoms with Gasteiger partial charge in [-0.25, -0.2) is 9.68 Å². The second-order valence-electron chi connectivity index (χ2n) is 3.56. The summed E-state index contributed by atoms with van der Waals surface area (Å²) in [4.78, 5) is 10.3. The maximum absolute atomic E-state index is 5.16. The van der Waals surface area contributed by atoms with Crippen LogP contribution in [-0.2, 0) is 15.2 Å². The topological polar surface area (TPSA) is 21.7 Å². The molecule has 0 N–H and O–H groups in total. The predicted octanol–water partition coefficient (Wildman–Crippen LogP) is 2.06. The predicted molar refractivity (Wildman–Crippen MR) is 48.3 cm³/mol. The normalized spacial score (nSPS) is 18.3. The molecule has 0 saturated carbocycles. The molecule has 1 aliphatic heterocycles. The molecule has 2 rings (SSSR count). The molecule has 0 atom stereocenters. The molecule has 0 unspecified atom stereocenters. The fraction of sp³-hybridized carbons (Fsp3) is 0.400. The van der Waals surface area contributed by atoms with Crippen LogP contribution in [0.25, 0.3) is 0 Å². The Hall–Kier alpha value is -0.900. The van der Waals surface area contributed by atoms with Crippen molar-refractivity contribution in [2.75, 3.05) is 6.79 Å². The Morgan fingerprint density at radius 1 is 1.15 bits per heavy atom. The first-order valence-electron chi connectivity index (χ1n) is 4.33. The van der Waals surface area contributed by atoms with Crippen LogP contribution in [0.4, 0.5) is 0 Å². The summed E-state index contributed by atoms with van der Waals surface area (Å²) >= 11 is 0. The minimum Gasteiger partial charge on any atom is -0.243 e. The van der Waals surface area contributed by atoms with E-state index < -0.39 is 0 Å². The summed E-state index contributed by atoms with van der Waals surface area (Å²) in [5, 5.41) is 1.53. The molecule has 0 aromatic heterocycles. The molecule has 13 heavy (non-hydrogen) atoms. The molecule has 1 saturated heterocycles. The SMILES string of the molecule is CC(C)(c1ccccc1)N1OCO1. The maximum Gasteiger partial charge on any atom is 0.192 e. The van der Waals surface area contributed by atoms with Crippen LogP contribution >= 0.6 is 0 Å². The monoisotopic (exact) mass is 179 g/mol. The molecule has 3 nitrogen and oxygen atoms in total. The van der Waals surface area contributed by atoms with Gasteiger partial charge in [-0.2, -0.15) is 0 Å². The molecule has 1 fully saturated rings. The Labute approximate surface area is 77.8 Å². The molecule has 1 aromatic carbocycles. The summed E-state index contributed by atoms with van der Waals surface area (Å²) in [5.41, 5.74) is 0.953. The smallest absolute Gasteiger partial charge is 0.192 e. The highest BCUT2D eigenvalue weighted by Gasteiger charge is 2.35. The summed E-state index contributed by atoms with van der Waals surface area (Å²) in [6.45, 7) is 4.47. The summed E-state index contributed by atoms with van der Waals surface area (Å²) in [6.07, 6.45) is 0. The highest BCUT2D eigenvalue weighted by Crippen LogP contribution is 2.31. The Morgan fingerprint density at radius 2 is 1.77 bits per heavy atom. The summed E-state index contributed by atoms with van der Waals surface area (Å²) in [7, 11) is 0. The third-order valence-electron chi connectivity index (χ3n) is 2.28. The largest absolute Gasteiger partial charge is 0.243 e. The molecule has 0 spiro atoms. The van der Waals surface area contributed by atoms with Gasteiger partial charge < -0.3 is 0 Å². The van der Waals surface area contributed by atoms with Gasteiger partial charge in [0.2, 0.25) is 0 Å². The van der Waals surface area contributed by atoms with Crippen LogP contribution in [0.5, 0.6) is 0 Å². The number of hydrogen-bond donors (Lipinski definition) is 0. The van der Waals surface area contributed by atoms with Gasteiger partial charge in [0.05, 0.1) is 5.54 Å². The van der Waals surface area contributed by atoms with E-state index in [2.05, 4.69) is 26.0 Å². The average Bonchev–Trinajstić information content (AvgIpc) is 2.02. The standard InChI is InChI=1S/C10H13NO2/c1-10(2,11-12-8-13-11)9-6-4-3-5-7-9/h3-7H,8H2,1-2H3. The van der Waals surface area contributed by atoms with Crippen LogP contribution in [0, 0.1) is 0 Å². The number of nitrogens with zero attached hydrogens (tertiary/aromatic N) is 1. The molecule has 0 amide bonds. The Morgan fingerprint density at radius 3 is 2.23 bits per heavy atom. The van der Waals surface area contributed by atoms with Crippen molar-refractivity contribution in [1.82, 2.24) is 5.23 Å². The van der Waals surface area contributed by atoms with E-state index in [1.807, 2.05) is 18.2 Å². The van der Waals surface area contributed by atoms with E-state index in [0.29, 0.717) is 6.79 Å². The van der Waals surface area contributed by atoms with Gasteiger partial charge >= 0.3 is 0 Å². The minimum absolute atomic E-state index is 0.223. The first-order valence-corrected chi connectivity index (χ1v) is 4.33. The van der Waals surface area contributed by atoms with Crippen LogP contribution in [-0.4, -0.2) is 12.0 Å². The Kier molecular flexibility index (Phi) is 2.07. The molecule has 70 valence electrons. The van der Waals surface area contributed by atoms with Gasteiger partial charge in [0.1, 0.15) is 0 Å². The van der Waals surface area contributed by atoms with Crippen LogP contribution in [0.3, 0.4) is 0 Å².